The molecule has 2 aromatic carbocycles. The third-order valence-corrected chi connectivity index (χ3v) is 6.09. The number of hydrogen-bond donors (Lipinski definition) is 1. The Labute approximate surface area is 221 Å². The van der Waals surface area contributed by atoms with E-state index in [1.807, 2.05) is 76.4 Å². The van der Waals surface area contributed by atoms with Crippen LogP contribution >= 0.6 is 45.2 Å². The summed E-state index contributed by atoms with van der Waals surface area (Å²) >= 11 is 4.05. The molecule has 0 unspecified atom stereocenters. The van der Waals surface area contributed by atoms with Crippen LogP contribution in [0.25, 0.3) is 0 Å². The van der Waals surface area contributed by atoms with Gasteiger partial charge in [-0.3, -0.25) is 14.4 Å². The van der Waals surface area contributed by atoms with Crippen LogP contribution in [0.2, 0.25) is 0 Å². The molecular formula is C25H28I2O6. The number of alkyl halides is 2. The average Bonchev–Trinajstić information content (AvgIpc) is 2.71. The predicted octanol–water partition coefficient (Wildman–Crippen LogP) is 6.10. The van der Waals surface area contributed by atoms with E-state index >= 15 is 0 Å². The van der Waals surface area contributed by atoms with Gasteiger partial charge in [0.05, 0.1) is 0 Å². The van der Waals surface area contributed by atoms with E-state index in [-0.39, 0.29) is 18.4 Å². The highest BCUT2D eigenvalue weighted by molar-refractivity contribution is 14.1. The highest BCUT2D eigenvalue weighted by Gasteiger charge is 2.31. The van der Waals surface area contributed by atoms with Gasteiger partial charge >= 0.3 is 17.9 Å². The summed E-state index contributed by atoms with van der Waals surface area (Å²) in [5.74, 6) is -0.713. The number of aliphatic carboxylic acids is 1. The lowest BCUT2D eigenvalue weighted by Gasteiger charge is -2.31. The molecule has 0 amide bonds. The lowest BCUT2D eigenvalue weighted by molar-refractivity contribution is -0.137. The number of ether oxygens (including phenoxy) is 2. The van der Waals surface area contributed by atoms with Crippen LogP contribution < -0.4 is 9.47 Å². The third kappa shape index (κ3) is 7.66. The normalized spacial score (nSPS) is 12.2. The largest absolute Gasteiger partial charge is 0.481 e. The molecule has 0 heterocycles. The molecule has 0 aliphatic heterocycles. The van der Waals surface area contributed by atoms with Gasteiger partial charge in [-0.25, -0.2) is 0 Å². The fraction of sp³-hybridized carbons (Fsp3) is 0.400. The van der Waals surface area contributed by atoms with Gasteiger partial charge in [-0.1, -0.05) is 76.4 Å². The molecular weight excluding hydrogens is 650 g/mol. The zero-order chi connectivity index (χ0) is 25.0. The first-order valence-electron chi connectivity index (χ1n) is 10.4. The molecule has 2 aromatic rings. The van der Waals surface area contributed by atoms with Crippen molar-refractivity contribution in [1.29, 1.82) is 0 Å². The summed E-state index contributed by atoms with van der Waals surface area (Å²) in [7, 11) is 0. The quantitative estimate of drug-likeness (QED) is 0.150. The van der Waals surface area contributed by atoms with Crippen LogP contribution in [0.4, 0.5) is 0 Å². The Balaban J connectivity index is 2.33. The van der Waals surface area contributed by atoms with E-state index in [0.29, 0.717) is 17.9 Å². The van der Waals surface area contributed by atoms with E-state index in [1.54, 1.807) is 52.0 Å². The first kappa shape index (κ1) is 27.6. The van der Waals surface area contributed by atoms with Crippen molar-refractivity contribution in [2.45, 2.75) is 59.7 Å². The number of rotatable bonds is 9. The second-order valence-corrected chi connectivity index (χ2v) is 14.4. The van der Waals surface area contributed by atoms with E-state index in [2.05, 4.69) is 0 Å². The van der Waals surface area contributed by atoms with Crippen LogP contribution in [0.5, 0.6) is 11.5 Å². The van der Waals surface area contributed by atoms with Crippen LogP contribution in [-0.2, 0) is 19.8 Å². The van der Waals surface area contributed by atoms with Gasteiger partial charge in [0, 0.05) is 11.8 Å². The van der Waals surface area contributed by atoms with E-state index < -0.39 is 18.2 Å². The summed E-state index contributed by atoms with van der Waals surface area (Å²) in [5, 5.41) is 9.29. The molecule has 0 radical (unpaired) electrons. The maximum Gasteiger partial charge on any atom is 0.326 e. The van der Waals surface area contributed by atoms with Crippen molar-refractivity contribution in [3.05, 3.63) is 59.7 Å². The lowest BCUT2D eigenvalue weighted by atomic mass is 9.73. The van der Waals surface area contributed by atoms with E-state index in [1.165, 1.54) is 0 Å². The molecule has 0 spiro atoms. The minimum Gasteiger partial charge on any atom is -0.481 e. The highest BCUT2D eigenvalue weighted by Crippen LogP contribution is 2.38. The van der Waals surface area contributed by atoms with Crippen molar-refractivity contribution in [3.63, 3.8) is 0 Å². The van der Waals surface area contributed by atoms with Gasteiger partial charge in [-0.05, 0) is 69.5 Å². The second-order valence-electron chi connectivity index (χ2n) is 9.00. The number of carbonyl (C=O) groups excluding carboxylic acids is 2. The number of carboxylic acids is 1. The highest BCUT2D eigenvalue weighted by atomic mass is 127. The number of carboxylic acid groups (broad SMARTS) is 1. The average molecular weight is 678 g/mol. The Morgan fingerprint density at radius 3 is 1.33 bits per heavy atom. The summed E-state index contributed by atoms with van der Waals surface area (Å²) in [6.45, 7) is 9.06. The molecule has 0 fully saturated rings. The minimum atomic E-state index is -0.883. The SMILES string of the molecule is CC(C)(I)C(=O)Oc1ccc(C(C)(CCC(=O)O)c2ccc(OC(=O)C(C)(C)I)cc2)cc1. The van der Waals surface area contributed by atoms with Gasteiger partial charge in [0.1, 0.15) is 18.3 Å². The van der Waals surface area contributed by atoms with Gasteiger partial charge in [0.25, 0.3) is 0 Å². The molecule has 0 aliphatic rings. The number of esters is 2. The van der Waals surface area contributed by atoms with Crippen LogP contribution in [0, 0.1) is 0 Å². The smallest absolute Gasteiger partial charge is 0.326 e. The summed E-state index contributed by atoms with van der Waals surface area (Å²) in [6.07, 6.45) is 0.345. The number of carbonyl (C=O) groups is 3. The van der Waals surface area contributed by atoms with Gasteiger partial charge in [-0.2, -0.15) is 0 Å². The topological polar surface area (TPSA) is 89.9 Å². The van der Waals surface area contributed by atoms with Gasteiger partial charge in [0.15, 0.2) is 0 Å². The summed E-state index contributed by atoms with van der Waals surface area (Å²) in [5.41, 5.74) is 1.15. The number of halogens is 2. The lowest BCUT2D eigenvalue weighted by Crippen LogP contribution is -2.29. The molecule has 0 atom stereocenters. The van der Waals surface area contributed by atoms with Crippen molar-refractivity contribution in [1.82, 2.24) is 0 Å². The van der Waals surface area contributed by atoms with Crippen molar-refractivity contribution in [3.8, 4) is 11.5 Å². The van der Waals surface area contributed by atoms with E-state index in [9.17, 15) is 19.5 Å². The van der Waals surface area contributed by atoms with Crippen LogP contribution in [0.15, 0.2) is 48.5 Å². The zero-order valence-electron chi connectivity index (χ0n) is 19.3. The zero-order valence-corrected chi connectivity index (χ0v) is 23.6. The number of hydrogen-bond acceptors (Lipinski definition) is 5. The standard InChI is InChI=1S/C25H28I2O6/c1-23(2,26)21(30)32-18-10-6-16(7-11-18)25(5,15-14-20(28)29)17-8-12-19(13-9-17)33-22(31)24(3,4)27/h6-13H,14-15H2,1-5H3,(H,28,29). The summed E-state index contributed by atoms with van der Waals surface area (Å²) in [4.78, 5) is 35.6. The van der Waals surface area contributed by atoms with E-state index in [0.717, 1.165) is 11.1 Å². The maximum atomic E-state index is 12.2. The molecule has 0 saturated heterocycles. The van der Waals surface area contributed by atoms with Gasteiger partial charge < -0.3 is 14.6 Å². The molecule has 6 nitrogen and oxygen atoms in total. The van der Waals surface area contributed by atoms with Gasteiger partial charge in [0.2, 0.25) is 0 Å². The molecule has 178 valence electrons. The first-order valence-corrected chi connectivity index (χ1v) is 12.5. The van der Waals surface area contributed by atoms with Crippen molar-refractivity contribution in [2.75, 3.05) is 0 Å². The fourth-order valence-corrected chi connectivity index (χ4v) is 3.27. The molecule has 0 aliphatic carbocycles. The van der Waals surface area contributed by atoms with Crippen LogP contribution in [-0.4, -0.2) is 29.9 Å². The molecule has 1 N–H and O–H groups in total. The molecule has 0 saturated carbocycles. The number of benzene rings is 2. The van der Waals surface area contributed by atoms with Crippen molar-refractivity contribution >= 4 is 63.1 Å². The van der Waals surface area contributed by atoms with Crippen molar-refractivity contribution < 1.29 is 29.0 Å². The molecule has 0 aromatic heterocycles. The monoisotopic (exact) mass is 678 g/mol. The Kier molecular flexibility index (Phi) is 8.94. The van der Waals surface area contributed by atoms with Crippen LogP contribution in [0.1, 0.15) is 58.6 Å². The molecule has 8 heteroatoms. The van der Waals surface area contributed by atoms with E-state index in [4.69, 9.17) is 9.47 Å². The molecule has 33 heavy (non-hydrogen) atoms. The first-order chi connectivity index (χ1) is 15.1. The summed E-state index contributed by atoms with van der Waals surface area (Å²) < 4.78 is 9.58. The van der Waals surface area contributed by atoms with Crippen molar-refractivity contribution in [2.24, 2.45) is 0 Å². The molecule has 0 bridgehead atoms. The predicted molar refractivity (Wildman–Crippen MR) is 144 cm³/mol. The Bertz CT molecular complexity index is 928. The Morgan fingerprint density at radius 2 is 1.06 bits per heavy atom. The third-order valence-electron chi connectivity index (χ3n) is 5.21. The summed E-state index contributed by atoms with van der Waals surface area (Å²) in [6, 6.07) is 14.2. The minimum absolute atomic E-state index is 0.0178. The van der Waals surface area contributed by atoms with Crippen LogP contribution in [0.3, 0.4) is 0 Å². The Hall–Kier alpha value is -1.69. The Morgan fingerprint density at radius 1 is 0.727 bits per heavy atom. The fourth-order valence-electron chi connectivity index (χ4n) is 3.05. The molecule has 2 rings (SSSR count). The second kappa shape index (κ2) is 10.7. The maximum absolute atomic E-state index is 12.2. The van der Waals surface area contributed by atoms with Gasteiger partial charge in [-0.15, -0.1) is 0 Å².